The van der Waals surface area contributed by atoms with E-state index in [0.29, 0.717) is 11.8 Å². The maximum atomic E-state index is 10.7. The van der Waals surface area contributed by atoms with Gasteiger partial charge in [0.15, 0.2) is 0 Å². The van der Waals surface area contributed by atoms with Crippen LogP contribution in [0, 0.1) is 11.8 Å². The predicted molar refractivity (Wildman–Crippen MR) is 58.6 cm³/mol. The number of allylic oxidation sites excluding steroid dienone is 1. The van der Waals surface area contributed by atoms with Crippen molar-refractivity contribution >= 4 is 5.94 Å². The molecule has 2 nitrogen and oxygen atoms in total. The highest BCUT2D eigenvalue weighted by Crippen LogP contribution is 2.30. The fraction of sp³-hybridized carbons (Fsp3) is 0.833. The second-order valence-corrected chi connectivity index (χ2v) is 4.56. The first-order valence-electron chi connectivity index (χ1n) is 5.68. The highest BCUT2D eigenvalue weighted by Gasteiger charge is 2.28. The molecule has 1 fully saturated rings. The van der Waals surface area contributed by atoms with E-state index in [4.69, 9.17) is 0 Å². The second kappa shape index (κ2) is 5.21. The zero-order valence-electron chi connectivity index (χ0n) is 9.55. The van der Waals surface area contributed by atoms with Crippen molar-refractivity contribution < 1.29 is 4.79 Å². The summed E-state index contributed by atoms with van der Waals surface area (Å²) in [5, 5.41) is 0. The van der Waals surface area contributed by atoms with Crippen molar-refractivity contribution in [3.63, 3.8) is 0 Å². The van der Waals surface area contributed by atoms with Crippen molar-refractivity contribution in [3.8, 4) is 0 Å². The van der Waals surface area contributed by atoms with Crippen LogP contribution >= 0.6 is 0 Å². The SMILES string of the molecule is CCCCN1CC(C(C)C)CC1=C=O. The molecule has 1 atom stereocenters. The van der Waals surface area contributed by atoms with Crippen molar-refractivity contribution in [3.05, 3.63) is 5.70 Å². The van der Waals surface area contributed by atoms with Crippen LogP contribution in [0.1, 0.15) is 40.0 Å². The molecular formula is C12H21NO. The van der Waals surface area contributed by atoms with Crippen molar-refractivity contribution in [2.24, 2.45) is 11.8 Å². The number of nitrogens with zero attached hydrogens (tertiary/aromatic N) is 1. The summed E-state index contributed by atoms with van der Waals surface area (Å²) in [4.78, 5) is 13.0. The predicted octanol–water partition coefficient (Wildman–Crippen LogP) is 2.48. The quantitative estimate of drug-likeness (QED) is 0.642. The molecular weight excluding hydrogens is 174 g/mol. The first-order valence-corrected chi connectivity index (χ1v) is 5.68. The second-order valence-electron chi connectivity index (χ2n) is 4.56. The molecule has 2 heteroatoms. The molecule has 0 saturated carbocycles. The van der Waals surface area contributed by atoms with Crippen LogP contribution in [-0.4, -0.2) is 23.9 Å². The highest BCUT2D eigenvalue weighted by atomic mass is 16.1. The van der Waals surface area contributed by atoms with Crippen molar-refractivity contribution in [2.75, 3.05) is 13.1 Å². The minimum absolute atomic E-state index is 0.656. The van der Waals surface area contributed by atoms with Gasteiger partial charge in [-0.25, -0.2) is 4.79 Å². The Morgan fingerprint density at radius 2 is 2.29 bits per heavy atom. The van der Waals surface area contributed by atoms with Crippen LogP contribution in [0.15, 0.2) is 5.70 Å². The zero-order chi connectivity index (χ0) is 10.6. The van der Waals surface area contributed by atoms with Gasteiger partial charge in [0.25, 0.3) is 0 Å². The van der Waals surface area contributed by atoms with E-state index < -0.39 is 0 Å². The average molecular weight is 195 g/mol. The van der Waals surface area contributed by atoms with Crippen molar-refractivity contribution in [1.82, 2.24) is 4.90 Å². The van der Waals surface area contributed by atoms with Crippen LogP contribution in [0.25, 0.3) is 0 Å². The van der Waals surface area contributed by atoms with Gasteiger partial charge < -0.3 is 4.90 Å². The zero-order valence-corrected chi connectivity index (χ0v) is 9.55. The third-order valence-electron chi connectivity index (χ3n) is 3.13. The number of likely N-dealkylation sites (tertiary alicyclic amines) is 1. The van der Waals surface area contributed by atoms with Crippen LogP contribution in [-0.2, 0) is 4.79 Å². The fourth-order valence-electron chi connectivity index (χ4n) is 1.96. The van der Waals surface area contributed by atoms with E-state index in [0.717, 1.165) is 25.2 Å². The summed E-state index contributed by atoms with van der Waals surface area (Å²) >= 11 is 0. The molecule has 1 aliphatic rings. The number of hydrogen-bond donors (Lipinski definition) is 0. The molecule has 1 heterocycles. The average Bonchev–Trinajstić information content (AvgIpc) is 2.57. The van der Waals surface area contributed by atoms with E-state index in [-0.39, 0.29) is 0 Å². The summed E-state index contributed by atoms with van der Waals surface area (Å²) in [5.74, 6) is 3.43. The molecule has 0 aromatic carbocycles. The Morgan fingerprint density at radius 1 is 1.57 bits per heavy atom. The molecule has 0 radical (unpaired) electrons. The molecule has 0 amide bonds. The van der Waals surface area contributed by atoms with Gasteiger partial charge in [-0.05, 0) is 18.3 Å². The summed E-state index contributed by atoms with van der Waals surface area (Å²) in [5.41, 5.74) is 0.900. The van der Waals surface area contributed by atoms with E-state index in [9.17, 15) is 4.79 Å². The number of hydrogen-bond acceptors (Lipinski definition) is 2. The van der Waals surface area contributed by atoms with Gasteiger partial charge in [0, 0.05) is 19.5 Å². The minimum Gasteiger partial charge on any atom is -0.366 e. The molecule has 14 heavy (non-hydrogen) atoms. The Morgan fingerprint density at radius 3 is 2.79 bits per heavy atom. The summed E-state index contributed by atoms with van der Waals surface area (Å²) in [6.45, 7) is 8.74. The largest absolute Gasteiger partial charge is 0.366 e. The van der Waals surface area contributed by atoms with Gasteiger partial charge in [-0.15, -0.1) is 0 Å². The monoisotopic (exact) mass is 195 g/mol. The molecule has 1 saturated heterocycles. The van der Waals surface area contributed by atoms with E-state index >= 15 is 0 Å². The molecule has 1 unspecified atom stereocenters. The van der Waals surface area contributed by atoms with Gasteiger partial charge in [-0.1, -0.05) is 27.2 Å². The topological polar surface area (TPSA) is 20.3 Å². The lowest BCUT2D eigenvalue weighted by molar-refractivity contribution is 0.321. The summed E-state index contributed by atoms with van der Waals surface area (Å²) in [6, 6.07) is 0. The Balaban J connectivity index is 2.54. The molecule has 80 valence electrons. The molecule has 0 N–H and O–H groups in total. The van der Waals surface area contributed by atoms with Crippen LogP contribution in [0.3, 0.4) is 0 Å². The lowest BCUT2D eigenvalue weighted by Gasteiger charge is -2.18. The van der Waals surface area contributed by atoms with Crippen LogP contribution < -0.4 is 0 Å². The van der Waals surface area contributed by atoms with Crippen molar-refractivity contribution in [2.45, 2.75) is 40.0 Å². The number of unbranched alkanes of at least 4 members (excludes halogenated alkanes) is 1. The van der Waals surface area contributed by atoms with E-state index in [1.54, 1.807) is 0 Å². The summed E-state index contributed by atoms with van der Waals surface area (Å²) < 4.78 is 0. The lowest BCUT2D eigenvalue weighted by Crippen LogP contribution is -2.22. The Bertz CT molecular complexity index is 228. The van der Waals surface area contributed by atoms with Gasteiger partial charge in [-0.2, -0.15) is 0 Å². The fourth-order valence-corrected chi connectivity index (χ4v) is 1.96. The van der Waals surface area contributed by atoms with Gasteiger partial charge in [-0.3, -0.25) is 0 Å². The standard InChI is InChI=1S/C12H21NO/c1-4-5-6-13-8-11(10(2)3)7-12(13)9-14/h10-11H,4-8H2,1-3H3. The van der Waals surface area contributed by atoms with E-state index in [1.165, 1.54) is 12.8 Å². The molecule has 1 aliphatic heterocycles. The third kappa shape index (κ3) is 2.62. The lowest BCUT2D eigenvalue weighted by atomic mass is 9.95. The van der Waals surface area contributed by atoms with E-state index in [1.807, 2.05) is 0 Å². The van der Waals surface area contributed by atoms with Gasteiger partial charge in [0.1, 0.15) is 5.94 Å². The van der Waals surface area contributed by atoms with Gasteiger partial charge in [0.05, 0.1) is 5.70 Å². The maximum Gasteiger partial charge on any atom is 0.145 e. The highest BCUT2D eigenvalue weighted by molar-refractivity contribution is 5.52. The van der Waals surface area contributed by atoms with Crippen LogP contribution in [0.5, 0.6) is 0 Å². The first-order chi connectivity index (χ1) is 6.69. The first kappa shape index (κ1) is 11.3. The molecule has 0 spiro atoms. The Hall–Kier alpha value is -0.750. The van der Waals surface area contributed by atoms with Crippen molar-refractivity contribution in [1.29, 1.82) is 0 Å². The van der Waals surface area contributed by atoms with E-state index in [2.05, 4.69) is 31.6 Å². The Kier molecular flexibility index (Phi) is 4.21. The van der Waals surface area contributed by atoms with Crippen LogP contribution in [0.2, 0.25) is 0 Å². The van der Waals surface area contributed by atoms with Gasteiger partial charge >= 0.3 is 0 Å². The van der Waals surface area contributed by atoms with Crippen LogP contribution in [0.4, 0.5) is 0 Å². The molecule has 1 rings (SSSR count). The smallest absolute Gasteiger partial charge is 0.145 e. The molecule has 0 bridgehead atoms. The molecule has 0 aromatic heterocycles. The third-order valence-corrected chi connectivity index (χ3v) is 3.13. The normalized spacial score (nSPS) is 21.9. The summed E-state index contributed by atoms with van der Waals surface area (Å²) in [6.07, 6.45) is 3.30. The minimum atomic E-state index is 0.656. The Labute approximate surface area is 87.0 Å². The molecule has 0 aromatic rings. The number of carbonyl (C=O) groups excluding carboxylic acids is 1. The maximum absolute atomic E-state index is 10.7. The number of rotatable bonds is 4. The summed E-state index contributed by atoms with van der Waals surface area (Å²) in [7, 11) is 0. The molecule has 0 aliphatic carbocycles. The van der Waals surface area contributed by atoms with Gasteiger partial charge in [0.2, 0.25) is 0 Å².